The molecule has 0 aliphatic rings. The van der Waals surface area contributed by atoms with Crippen molar-refractivity contribution in [2.45, 2.75) is 0 Å². The number of pyridine rings is 2. The number of hydrogen-bond donors (Lipinski definition) is 1. The van der Waals surface area contributed by atoms with Crippen LogP contribution in [0.25, 0.3) is 0 Å². The zero-order valence-electron chi connectivity index (χ0n) is 11.0. The van der Waals surface area contributed by atoms with Crippen molar-refractivity contribution < 1.29 is 9.63 Å². The number of halogens is 1. The summed E-state index contributed by atoms with van der Waals surface area (Å²) < 4.78 is 0. The molecule has 0 aromatic carbocycles. The Balaban J connectivity index is 2.20. The molecule has 2 aromatic rings. The molecular formula is C13H13ClN4O2. The number of nitrogens with zero attached hydrogens (tertiary/aromatic N) is 3. The van der Waals surface area contributed by atoms with Crippen LogP contribution in [0.3, 0.4) is 0 Å². The van der Waals surface area contributed by atoms with Crippen LogP contribution in [0.2, 0.25) is 5.02 Å². The Morgan fingerprint density at radius 3 is 2.75 bits per heavy atom. The summed E-state index contributed by atoms with van der Waals surface area (Å²) in [5, 5.41) is 4.35. The molecule has 0 spiro atoms. The summed E-state index contributed by atoms with van der Waals surface area (Å²) in [6.45, 7) is 0. The van der Waals surface area contributed by atoms with E-state index in [0.29, 0.717) is 11.6 Å². The molecule has 2 heterocycles. The van der Waals surface area contributed by atoms with E-state index in [4.69, 9.17) is 16.4 Å². The third-order valence-corrected chi connectivity index (χ3v) is 2.88. The maximum absolute atomic E-state index is 11.9. The second-order valence-corrected chi connectivity index (χ2v) is 4.28. The van der Waals surface area contributed by atoms with Gasteiger partial charge in [0.05, 0.1) is 17.7 Å². The van der Waals surface area contributed by atoms with Crippen LogP contribution in [0.1, 0.15) is 10.4 Å². The Bertz CT molecular complexity index is 607. The summed E-state index contributed by atoms with van der Waals surface area (Å²) in [5.41, 5.74) is 0.266. The summed E-state index contributed by atoms with van der Waals surface area (Å²) in [5.74, 6) is 0.781. The molecule has 2 rings (SSSR count). The molecule has 0 bridgehead atoms. The van der Waals surface area contributed by atoms with Gasteiger partial charge in [0.15, 0.2) is 0 Å². The van der Waals surface area contributed by atoms with Crippen LogP contribution in [0, 0.1) is 0 Å². The number of hydrogen-bond acceptors (Lipinski definition) is 5. The lowest BCUT2D eigenvalue weighted by Gasteiger charge is -2.14. The molecule has 0 saturated heterocycles. The van der Waals surface area contributed by atoms with E-state index in [2.05, 4.69) is 15.3 Å². The van der Waals surface area contributed by atoms with E-state index in [-0.39, 0.29) is 16.5 Å². The van der Waals surface area contributed by atoms with Crippen LogP contribution < -0.4 is 5.32 Å². The molecule has 6 nitrogen and oxygen atoms in total. The van der Waals surface area contributed by atoms with E-state index in [0.717, 1.165) is 5.06 Å². The number of hydroxylamine groups is 2. The number of aromatic nitrogens is 2. The molecule has 20 heavy (non-hydrogen) atoms. The van der Waals surface area contributed by atoms with Gasteiger partial charge in [0.2, 0.25) is 0 Å². The molecule has 0 saturated carbocycles. The van der Waals surface area contributed by atoms with Crippen molar-refractivity contribution in [3.63, 3.8) is 0 Å². The number of anilines is 2. The van der Waals surface area contributed by atoms with Crippen molar-refractivity contribution in [1.82, 2.24) is 15.0 Å². The van der Waals surface area contributed by atoms with Crippen LogP contribution in [0.15, 0.2) is 36.7 Å². The van der Waals surface area contributed by atoms with E-state index in [1.54, 1.807) is 18.3 Å². The second kappa shape index (κ2) is 6.31. The highest BCUT2D eigenvalue weighted by atomic mass is 35.5. The van der Waals surface area contributed by atoms with E-state index in [1.165, 1.54) is 20.4 Å². The summed E-state index contributed by atoms with van der Waals surface area (Å²) in [6, 6.07) is 7.02. The maximum atomic E-state index is 11.9. The smallest absolute Gasteiger partial charge is 0.280 e. The molecule has 0 unspecified atom stereocenters. The number of amides is 1. The van der Waals surface area contributed by atoms with Gasteiger partial charge < -0.3 is 5.32 Å². The Labute approximate surface area is 121 Å². The standard InChI is InChI=1S/C13H13ClN4O2/c1-18(20-2)13(19)9-8-16-12(7-10(9)14)17-11-5-3-4-6-15-11/h3-8H,1-2H3,(H,15,16,17). The van der Waals surface area contributed by atoms with Gasteiger partial charge in [-0.15, -0.1) is 0 Å². The van der Waals surface area contributed by atoms with Gasteiger partial charge in [0.25, 0.3) is 5.91 Å². The second-order valence-electron chi connectivity index (χ2n) is 3.87. The molecule has 104 valence electrons. The fourth-order valence-electron chi connectivity index (χ4n) is 1.48. The molecule has 0 fully saturated rings. The molecule has 0 aliphatic carbocycles. The van der Waals surface area contributed by atoms with Gasteiger partial charge in [-0.25, -0.2) is 15.0 Å². The number of rotatable bonds is 4. The average Bonchev–Trinajstić information content (AvgIpc) is 2.47. The average molecular weight is 293 g/mol. The van der Waals surface area contributed by atoms with Crippen LogP contribution in [-0.2, 0) is 4.84 Å². The first-order valence-electron chi connectivity index (χ1n) is 5.77. The van der Waals surface area contributed by atoms with Gasteiger partial charge in [-0.3, -0.25) is 9.63 Å². The van der Waals surface area contributed by atoms with Crippen molar-refractivity contribution >= 4 is 29.1 Å². The lowest BCUT2D eigenvalue weighted by atomic mass is 10.2. The van der Waals surface area contributed by atoms with E-state index in [1.807, 2.05) is 12.1 Å². The van der Waals surface area contributed by atoms with Crippen molar-refractivity contribution in [1.29, 1.82) is 0 Å². The molecular weight excluding hydrogens is 280 g/mol. The topological polar surface area (TPSA) is 67.3 Å². The highest BCUT2D eigenvalue weighted by molar-refractivity contribution is 6.34. The zero-order chi connectivity index (χ0) is 14.5. The van der Waals surface area contributed by atoms with Crippen LogP contribution in [0.5, 0.6) is 0 Å². The summed E-state index contributed by atoms with van der Waals surface area (Å²) in [7, 11) is 2.90. The van der Waals surface area contributed by atoms with Gasteiger partial charge in [0.1, 0.15) is 11.6 Å². The van der Waals surface area contributed by atoms with Crippen LogP contribution in [-0.4, -0.2) is 35.1 Å². The SMILES string of the molecule is CON(C)C(=O)c1cnc(Nc2ccccn2)cc1Cl. The molecule has 0 atom stereocenters. The molecule has 0 aliphatic heterocycles. The van der Waals surface area contributed by atoms with Gasteiger partial charge >= 0.3 is 0 Å². The first kappa shape index (κ1) is 14.2. The number of nitrogens with one attached hydrogen (secondary N) is 1. The quantitative estimate of drug-likeness (QED) is 0.877. The number of carbonyl (C=O) groups excluding carboxylic acids is 1. The fourth-order valence-corrected chi connectivity index (χ4v) is 1.71. The Hall–Kier alpha value is -2.18. The van der Waals surface area contributed by atoms with Crippen molar-refractivity contribution in [3.05, 3.63) is 47.2 Å². The lowest BCUT2D eigenvalue weighted by molar-refractivity contribution is -0.0757. The largest absolute Gasteiger partial charge is 0.325 e. The van der Waals surface area contributed by atoms with Gasteiger partial charge in [-0.1, -0.05) is 17.7 Å². The first-order chi connectivity index (χ1) is 9.61. The molecule has 2 aromatic heterocycles. The van der Waals surface area contributed by atoms with Crippen LogP contribution in [0.4, 0.5) is 11.6 Å². The minimum atomic E-state index is -0.366. The third-order valence-electron chi connectivity index (χ3n) is 2.56. The van der Waals surface area contributed by atoms with Gasteiger partial charge in [0, 0.05) is 25.5 Å². The minimum Gasteiger partial charge on any atom is -0.325 e. The molecule has 0 radical (unpaired) electrons. The maximum Gasteiger partial charge on any atom is 0.280 e. The number of carbonyl (C=O) groups is 1. The van der Waals surface area contributed by atoms with Crippen molar-refractivity contribution in [2.75, 3.05) is 19.5 Å². The summed E-state index contributed by atoms with van der Waals surface area (Å²) >= 11 is 6.09. The van der Waals surface area contributed by atoms with Gasteiger partial charge in [-0.2, -0.15) is 0 Å². The predicted octanol–water partition coefficient (Wildman–Crippen LogP) is 2.51. The van der Waals surface area contributed by atoms with Crippen molar-refractivity contribution in [3.8, 4) is 0 Å². The summed E-state index contributed by atoms with van der Waals surface area (Å²) in [4.78, 5) is 25.0. The van der Waals surface area contributed by atoms with Crippen molar-refractivity contribution in [2.24, 2.45) is 0 Å². The molecule has 7 heteroatoms. The van der Waals surface area contributed by atoms with E-state index < -0.39 is 0 Å². The zero-order valence-corrected chi connectivity index (χ0v) is 11.8. The summed E-state index contributed by atoms with van der Waals surface area (Å²) in [6.07, 6.45) is 3.06. The van der Waals surface area contributed by atoms with Crippen LogP contribution >= 0.6 is 11.6 Å². The Morgan fingerprint density at radius 1 is 1.35 bits per heavy atom. The highest BCUT2D eigenvalue weighted by Gasteiger charge is 2.16. The highest BCUT2D eigenvalue weighted by Crippen LogP contribution is 2.21. The lowest BCUT2D eigenvalue weighted by Crippen LogP contribution is -2.25. The monoisotopic (exact) mass is 292 g/mol. The Morgan fingerprint density at radius 2 is 2.15 bits per heavy atom. The fraction of sp³-hybridized carbons (Fsp3) is 0.154. The predicted molar refractivity (Wildman–Crippen MR) is 75.9 cm³/mol. The molecule has 1 amide bonds. The van der Waals surface area contributed by atoms with E-state index >= 15 is 0 Å². The minimum absolute atomic E-state index is 0.266. The normalized spacial score (nSPS) is 10.2. The van der Waals surface area contributed by atoms with Gasteiger partial charge in [-0.05, 0) is 12.1 Å². The third kappa shape index (κ3) is 3.23. The first-order valence-corrected chi connectivity index (χ1v) is 6.15. The molecule has 1 N–H and O–H groups in total. The van der Waals surface area contributed by atoms with E-state index in [9.17, 15) is 4.79 Å². The Kier molecular flexibility index (Phi) is 4.49.